The number of halogens is 1. The van der Waals surface area contributed by atoms with Crippen LogP contribution in [0.5, 0.6) is 0 Å². The third kappa shape index (κ3) is 5.37. The van der Waals surface area contributed by atoms with Crippen molar-refractivity contribution in [3.63, 3.8) is 0 Å². The molecular formula is C33H31ClN6O2. The first-order valence-corrected chi connectivity index (χ1v) is 14.4. The molecule has 212 valence electrons. The molecule has 1 N–H and O–H groups in total. The lowest BCUT2D eigenvalue weighted by molar-refractivity contribution is -0.119. The van der Waals surface area contributed by atoms with Crippen LogP contribution in [0, 0.1) is 12.8 Å². The van der Waals surface area contributed by atoms with Crippen LogP contribution in [-0.4, -0.2) is 30.2 Å². The molecule has 9 heteroatoms. The van der Waals surface area contributed by atoms with E-state index in [0.29, 0.717) is 29.2 Å². The van der Waals surface area contributed by atoms with Gasteiger partial charge in [0.15, 0.2) is 0 Å². The van der Waals surface area contributed by atoms with Crippen molar-refractivity contribution in [2.45, 2.75) is 39.2 Å². The number of amides is 1. The Hall–Kier alpha value is -4.56. The van der Waals surface area contributed by atoms with E-state index in [1.165, 1.54) is 0 Å². The van der Waals surface area contributed by atoms with Gasteiger partial charge in [-0.2, -0.15) is 5.10 Å². The highest BCUT2D eigenvalue weighted by Crippen LogP contribution is 2.35. The topological polar surface area (TPSA) is 94.7 Å². The molecule has 2 atom stereocenters. The fraction of sp³-hybridized carbons (Fsp3) is 0.242. The summed E-state index contributed by atoms with van der Waals surface area (Å²) < 4.78 is 3.38. The second-order valence-electron chi connectivity index (χ2n) is 10.9. The zero-order chi connectivity index (χ0) is 29.4. The monoisotopic (exact) mass is 578 g/mol. The van der Waals surface area contributed by atoms with Crippen LogP contribution in [0.1, 0.15) is 43.5 Å². The minimum atomic E-state index is -0.360. The predicted molar refractivity (Wildman–Crippen MR) is 165 cm³/mol. The van der Waals surface area contributed by atoms with Crippen LogP contribution >= 0.6 is 11.6 Å². The molecule has 3 aromatic heterocycles. The summed E-state index contributed by atoms with van der Waals surface area (Å²) in [5, 5.41) is 7.99. The molecule has 1 aliphatic heterocycles. The van der Waals surface area contributed by atoms with Crippen molar-refractivity contribution < 1.29 is 4.79 Å². The van der Waals surface area contributed by atoms with E-state index >= 15 is 0 Å². The van der Waals surface area contributed by atoms with Crippen molar-refractivity contribution >= 4 is 23.2 Å². The molecule has 0 aliphatic carbocycles. The van der Waals surface area contributed by atoms with E-state index in [9.17, 15) is 9.59 Å². The number of anilines is 1. The Morgan fingerprint density at radius 2 is 1.81 bits per heavy atom. The molecule has 0 spiro atoms. The highest BCUT2D eigenvalue weighted by Gasteiger charge is 2.24. The highest BCUT2D eigenvalue weighted by molar-refractivity contribution is 6.31. The molecule has 1 aliphatic rings. The first-order chi connectivity index (χ1) is 20.3. The third-order valence-electron chi connectivity index (χ3n) is 7.91. The molecule has 8 nitrogen and oxygen atoms in total. The molecule has 6 rings (SSSR count). The maximum absolute atomic E-state index is 13.8. The molecule has 0 saturated carbocycles. The molecule has 5 aromatic rings. The summed E-state index contributed by atoms with van der Waals surface area (Å²) in [7, 11) is 1.84. The number of benzene rings is 2. The SMILES string of the molecule is Cc1cccc(-c2ccc(Cl)cc2-c2cc(=O)n(C3CCCC(C)C(=O)Nc4cnn(C)c4-c4ccnc3c4)cn2)c1. The van der Waals surface area contributed by atoms with Crippen LogP contribution < -0.4 is 10.9 Å². The lowest BCUT2D eigenvalue weighted by atomic mass is 9.96. The van der Waals surface area contributed by atoms with Crippen LogP contribution in [0.3, 0.4) is 0 Å². The number of nitrogens with zero attached hydrogens (tertiary/aromatic N) is 5. The summed E-state index contributed by atoms with van der Waals surface area (Å²) in [4.78, 5) is 36.2. The van der Waals surface area contributed by atoms with E-state index in [0.717, 1.165) is 45.6 Å². The number of pyridine rings is 1. The van der Waals surface area contributed by atoms with Gasteiger partial charge in [-0.15, -0.1) is 0 Å². The molecule has 0 saturated heterocycles. The Balaban J connectivity index is 1.44. The Morgan fingerprint density at radius 1 is 0.952 bits per heavy atom. The normalized spacial score (nSPS) is 17.1. The molecular weight excluding hydrogens is 548 g/mol. The zero-order valence-electron chi connectivity index (χ0n) is 23.7. The summed E-state index contributed by atoms with van der Waals surface area (Å²) in [5.41, 5.74) is 7.31. The number of carbonyl (C=O) groups is 1. The number of carbonyl (C=O) groups excluding carboxylic acids is 1. The summed E-state index contributed by atoms with van der Waals surface area (Å²) in [6, 6.07) is 18.9. The van der Waals surface area contributed by atoms with Gasteiger partial charge < -0.3 is 5.32 Å². The van der Waals surface area contributed by atoms with Crippen molar-refractivity contribution in [3.8, 4) is 33.6 Å². The Bertz CT molecular complexity index is 1860. The van der Waals surface area contributed by atoms with Gasteiger partial charge in [-0.05, 0) is 55.2 Å². The summed E-state index contributed by atoms with van der Waals surface area (Å²) in [5.74, 6) is -0.255. The van der Waals surface area contributed by atoms with Crippen molar-refractivity contribution in [2.24, 2.45) is 13.0 Å². The number of nitrogens with one attached hydrogen (secondary N) is 1. The van der Waals surface area contributed by atoms with Gasteiger partial charge in [0.2, 0.25) is 5.91 Å². The van der Waals surface area contributed by atoms with Gasteiger partial charge in [0.05, 0.1) is 41.3 Å². The van der Waals surface area contributed by atoms with Gasteiger partial charge in [0, 0.05) is 41.4 Å². The molecule has 0 radical (unpaired) electrons. The minimum absolute atomic E-state index is 0.0511. The average molecular weight is 579 g/mol. The molecule has 1 amide bonds. The van der Waals surface area contributed by atoms with Gasteiger partial charge in [0.1, 0.15) is 0 Å². The van der Waals surface area contributed by atoms with Crippen molar-refractivity contribution in [1.29, 1.82) is 0 Å². The minimum Gasteiger partial charge on any atom is -0.323 e. The number of aromatic nitrogens is 5. The Labute approximate surface area is 249 Å². The average Bonchev–Trinajstić information content (AvgIpc) is 3.34. The number of aryl methyl sites for hydroxylation is 2. The van der Waals surface area contributed by atoms with E-state index in [4.69, 9.17) is 16.6 Å². The Morgan fingerprint density at radius 3 is 2.62 bits per heavy atom. The molecule has 0 fully saturated rings. The van der Waals surface area contributed by atoms with E-state index in [2.05, 4.69) is 21.5 Å². The van der Waals surface area contributed by atoms with E-state index in [-0.39, 0.29) is 23.4 Å². The molecule has 2 unspecified atom stereocenters. The molecule has 4 heterocycles. The molecule has 2 aromatic carbocycles. The van der Waals surface area contributed by atoms with Crippen LogP contribution in [-0.2, 0) is 11.8 Å². The van der Waals surface area contributed by atoms with Crippen LogP contribution in [0.25, 0.3) is 33.6 Å². The van der Waals surface area contributed by atoms with Gasteiger partial charge in [-0.3, -0.25) is 23.8 Å². The van der Waals surface area contributed by atoms with Crippen molar-refractivity contribution in [2.75, 3.05) is 5.32 Å². The zero-order valence-corrected chi connectivity index (χ0v) is 24.5. The quantitative estimate of drug-likeness (QED) is 0.258. The first-order valence-electron chi connectivity index (χ1n) is 14.0. The predicted octanol–water partition coefficient (Wildman–Crippen LogP) is 6.68. The van der Waals surface area contributed by atoms with E-state index in [1.807, 2.05) is 69.4 Å². The van der Waals surface area contributed by atoms with E-state index in [1.54, 1.807) is 34.0 Å². The summed E-state index contributed by atoms with van der Waals surface area (Å²) in [6.07, 6.45) is 7.02. The van der Waals surface area contributed by atoms with Crippen LogP contribution in [0.2, 0.25) is 5.02 Å². The number of rotatable bonds is 3. The van der Waals surface area contributed by atoms with Gasteiger partial charge in [-0.25, -0.2) is 4.98 Å². The number of hydrogen-bond acceptors (Lipinski definition) is 5. The van der Waals surface area contributed by atoms with E-state index < -0.39 is 0 Å². The van der Waals surface area contributed by atoms with Gasteiger partial charge in [-0.1, -0.05) is 60.8 Å². The summed E-state index contributed by atoms with van der Waals surface area (Å²) >= 11 is 6.41. The second-order valence-corrected chi connectivity index (χ2v) is 11.4. The smallest absolute Gasteiger partial charge is 0.254 e. The summed E-state index contributed by atoms with van der Waals surface area (Å²) in [6.45, 7) is 3.97. The third-order valence-corrected chi connectivity index (χ3v) is 8.15. The second kappa shape index (κ2) is 11.4. The number of hydrogen-bond donors (Lipinski definition) is 1. The maximum atomic E-state index is 13.8. The lowest BCUT2D eigenvalue weighted by Crippen LogP contribution is -2.27. The fourth-order valence-corrected chi connectivity index (χ4v) is 5.84. The maximum Gasteiger partial charge on any atom is 0.254 e. The van der Waals surface area contributed by atoms with Crippen LogP contribution in [0.15, 0.2) is 84.2 Å². The van der Waals surface area contributed by atoms with Crippen molar-refractivity contribution in [3.05, 3.63) is 106 Å². The van der Waals surface area contributed by atoms with Gasteiger partial charge in [0.25, 0.3) is 5.56 Å². The first kappa shape index (κ1) is 27.6. The molecule has 42 heavy (non-hydrogen) atoms. The Kier molecular flexibility index (Phi) is 7.47. The van der Waals surface area contributed by atoms with Gasteiger partial charge >= 0.3 is 0 Å². The van der Waals surface area contributed by atoms with Crippen LogP contribution in [0.4, 0.5) is 5.69 Å². The van der Waals surface area contributed by atoms with Crippen molar-refractivity contribution in [1.82, 2.24) is 24.3 Å². The fourth-order valence-electron chi connectivity index (χ4n) is 5.67. The number of fused-ring (bicyclic) bond motifs is 4. The highest BCUT2D eigenvalue weighted by atomic mass is 35.5. The standard InChI is InChI=1S/C33H31ClN6O2/c1-20-6-4-8-22(14-20)25-11-10-24(34)16-26(25)27-17-31(41)40(19-36-27)30-9-5-7-21(2)33(42)38-29-18-37-39(3)32(29)23-12-13-35-28(30)15-23/h4,6,8,10-19,21,30H,5,7,9H2,1-3H3,(H,38,42). The lowest BCUT2D eigenvalue weighted by Gasteiger charge is -2.22. The largest absolute Gasteiger partial charge is 0.323 e. The molecule has 2 bridgehead atoms.